The van der Waals surface area contributed by atoms with Gasteiger partial charge in [-0.1, -0.05) is 17.4 Å². The number of benzene rings is 1. The van der Waals surface area contributed by atoms with Gasteiger partial charge in [-0.2, -0.15) is 0 Å². The van der Waals surface area contributed by atoms with Crippen molar-refractivity contribution in [3.05, 3.63) is 23.3 Å². The molecular weight excluding hydrogens is 236 g/mol. The molecule has 1 aromatic carbocycles. The van der Waals surface area contributed by atoms with E-state index in [0.29, 0.717) is 6.54 Å². The minimum atomic E-state index is -0.800. The number of hydrogen-bond acceptors (Lipinski definition) is 4. The SMILES string of the molecule is Cc1ccc2sc(NCCC(=O)O)nc2c1C. The van der Waals surface area contributed by atoms with Crippen molar-refractivity contribution in [3.8, 4) is 0 Å². The molecule has 0 aliphatic heterocycles. The van der Waals surface area contributed by atoms with Gasteiger partial charge in [0.15, 0.2) is 5.13 Å². The molecule has 0 bridgehead atoms. The van der Waals surface area contributed by atoms with Crippen LogP contribution in [0.1, 0.15) is 17.5 Å². The van der Waals surface area contributed by atoms with Crippen LogP contribution < -0.4 is 5.32 Å². The summed E-state index contributed by atoms with van der Waals surface area (Å²) in [4.78, 5) is 14.9. The Morgan fingerprint density at radius 1 is 1.47 bits per heavy atom. The van der Waals surface area contributed by atoms with Crippen LogP contribution in [0.5, 0.6) is 0 Å². The molecule has 0 aliphatic rings. The number of aliphatic carboxylic acids is 1. The van der Waals surface area contributed by atoms with Crippen LogP contribution in [0.2, 0.25) is 0 Å². The van der Waals surface area contributed by atoms with Crippen molar-refractivity contribution < 1.29 is 9.90 Å². The Bertz CT molecular complexity index is 563. The maximum atomic E-state index is 10.4. The second kappa shape index (κ2) is 4.71. The van der Waals surface area contributed by atoms with Gasteiger partial charge in [-0.05, 0) is 31.0 Å². The lowest BCUT2D eigenvalue weighted by Gasteiger charge is -1.98. The maximum absolute atomic E-state index is 10.4. The quantitative estimate of drug-likeness (QED) is 0.876. The maximum Gasteiger partial charge on any atom is 0.305 e. The summed E-state index contributed by atoms with van der Waals surface area (Å²) in [5, 5.41) is 12.4. The van der Waals surface area contributed by atoms with Gasteiger partial charge in [0.1, 0.15) is 0 Å². The highest BCUT2D eigenvalue weighted by Crippen LogP contribution is 2.29. The van der Waals surface area contributed by atoms with Crippen molar-refractivity contribution in [3.63, 3.8) is 0 Å². The molecule has 1 aromatic heterocycles. The molecule has 5 heteroatoms. The average Bonchev–Trinajstić information content (AvgIpc) is 2.67. The minimum absolute atomic E-state index is 0.105. The van der Waals surface area contributed by atoms with E-state index in [2.05, 4.69) is 36.3 Å². The number of nitrogens with one attached hydrogen (secondary N) is 1. The molecule has 0 aliphatic carbocycles. The Hall–Kier alpha value is -1.62. The van der Waals surface area contributed by atoms with E-state index in [1.165, 1.54) is 11.1 Å². The highest BCUT2D eigenvalue weighted by molar-refractivity contribution is 7.22. The summed E-state index contributed by atoms with van der Waals surface area (Å²) in [5.74, 6) is -0.800. The van der Waals surface area contributed by atoms with E-state index in [-0.39, 0.29) is 6.42 Å². The summed E-state index contributed by atoms with van der Waals surface area (Å²) in [6.45, 7) is 4.53. The number of fused-ring (bicyclic) bond motifs is 1. The second-order valence-corrected chi connectivity index (χ2v) is 4.97. The normalized spacial score (nSPS) is 10.7. The Balaban J connectivity index is 2.20. The summed E-state index contributed by atoms with van der Waals surface area (Å²) in [6.07, 6.45) is 0.105. The topological polar surface area (TPSA) is 62.2 Å². The first-order valence-electron chi connectivity index (χ1n) is 5.40. The van der Waals surface area contributed by atoms with Crippen LogP contribution in [0.15, 0.2) is 12.1 Å². The summed E-state index contributed by atoms with van der Waals surface area (Å²) in [6, 6.07) is 4.13. The Morgan fingerprint density at radius 3 is 2.94 bits per heavy atom. The zero-order chi connectivity index (χ0) is 12.4. The molecule has 0 fully saturated rings. The van der Waals surface area contributed by atoms with Crippen molar-refractivity contribution in [1.82, 2.24) is 4.98 Å². The molecule has 0 saturated carbocycles. The lowest BCUT2D eigenvalue weighted by molar-refractivity contribution is -0.136. The molecule has 2 rings (SSSR count). The van der Waals surface area contributed by atoms with Crippen molar-refractivity contribution in [2.45, 2.75) is 20.3 Å². The number of nitrogens with zero attached hydrogens (tertiary/aromatic N) is 1. The van der Waals surface area contributed by atoms with Gasteiger partial charge in [-0.15, -0.1) is 0 Å². The van der Waals surface area contributed by atoms with Crippen molar-refractivity contribution in [2.75, 3.05) is 11.9 Å². The monoisotopic (exact) mass is 250 g/mol. The third-order valence-electron chi connectivity index (χ3n) is 2.70. The fourth-order valence-corrected chi connectivity index (χ4v) is 2.53. The molecule has 0 unspecified atom stereocenters. The van der Waals surface area contributed by atoms with Crippen LogP contribution in [-0.2, 0) is 4.79 Å². The zero-order valence-electron chi connectivity index (χ0n) is 9.78. The second-order valence-electron chi connectivity index (χ2n) is 3.94. The highest BCUT2D eigenvalue weighted by Gasteiger charge is 2.07. The predicted molar refractivity (Wildman–Crippen MR) is 69.8 cm³/mol. The predicted octanol–water partition coefficient (Wildman–Crippen LogP) is 2.80. The van der Waals surface area contributed by atoms with Crippen molar-refractivity contribution >= 4 is 32.7 Å². The number of carbonyl (C=O) groups is 1. The average molecular weight is 250 g/mol. The van der Waals surface area contributed by atoms with E-state index in [1.54, 1.807) is 11.3 Å². The third kappa shape index (κ3) is 2.55. The van der Waals surface area contributed by atoms with Gasteiger partial charge in [0.2, 0.25) is 0 Å². The molecule has 0 atom stereocenters. The van der Waals surface area contributed by atoms with Gasteiger partial charge < -0.3 is 10.4 Å². The van der Waals surface area contributed by atoms with Crippen LogP contribution in [-0.4, -0.2) is 22.6 Å². The van der Waals surface area contributed by atoms with Crippen LogP contribution in [0.4, 0.5) is 5.13 Å². The van der Waals surface area contributed by atoms with E-state index in [4.69, 9.17) is 5.11 Å². The number of carboxylic acid groups (broad SMARTS) is 1. The lowest BCUT2D eigenvalue weighted by Crippen LogP contribution is -2.07. The Morgan fingerprint density at radius 2 is 2.24 bits per heavy atom. The van der Waals surface area contributed by atoms with Crippen molar-refractivity contribution in [2.24, 2.45) is 0 Å². The first kappa shape index (κ1) is 11.9. The van der Waals surface area contributed by atoms with E-state index in [0.717, 1.165) is 15.3 Å². The molecule has 90 valence electrons. The van der Waals surface area contributed by atoms with Crippen molar-refractivity contribution in [1.29, 1.82) is 0 Å². The van der Waals surface area contributed by atoms with Gasteiger partial charge >= 0.3 is 5.97 Å². The van der Waals surface area contributed by atoms with Crippen LogP contribution in [0.3, 0.4) is 0 Å². The smallest absolute Gasteiger partial charge is 0.305 e. The van der Waals surface area contributed by atoms with Gasteiger partial charge in [-0.25, -0.2) is 4.98 Å². The molecule has 0 spiro atoms. The number of carboxylic acids is 1. The molecule has 0 radical (unpaired) electrons. The molecule has 2 aromatic rings. The first-order chi connectivity index (χ1) is 8.08. The number of rotatable bonds is 4. The van der Waals surface area contributed by atoms with Crippen LogP contribution in [0, 0.1) is 13.8 Å². The summed E-state index contributed by atoms with van der Waals surface area (Å²) in [5.41, 5.74) is 3.41. The number of aryl methyl sites for hydroxylation is 2. The number of hydrogen-bond donors (Lipinski definition) is 2. The number of aromatic nitrogens is 1. The lowest BCUT2D eigenvalue weighted by atomic mass is 10.1. The van der Waals surface area contributed by atoms with Gasteiger partial charge in [0.25, 0.3) is 0 Å². The molecule has 0 saturated heterocycles. The number of thiazole rings is 1. The van der Waals surface area contributed by atoms with E-state index >= 15 is 0 Å². The Labute approximate surface area is 103 Å². The highest BCUT2D eigenvalue weighted by atomic mass is 32.1. The molecule has 4 nitrogen and oxygen atoms in total. The summed E-state index contributed by atoms with van der Waals surface area (Å²) >= 11 is 1.56. The zero-order valence-corrected chi connectivity index (χ0v) is 10.6. The minimum Gasteiger partial charge on any atom is -0.481 e. The van der Waals surface area contributed by atoms with Crippen LogP contribution >= 0.6 is 11.3 Å². The van der Waals surface area contributed by atoms with E-state index < -0.39 is 5.97 Å². The first-order valence-corrected chi connectivity index (χ1v) is 6.22. The molecule has 2 N–H and O–H groups in total. The van der Waals surface area contributed by atoms with Gasteiger partial charge in [-0.3, -0.25) is 4.79 Å². The molecular formula is C12H14N2O2S. The standard InChI is InChI=1S/C12H14N2O2S/c1-7-3-4-9-11(8(7)2)14-12(17-9)13-6-5-10(15)16/h3-4H,5-6H2,1-2H3,(H,13,14)(H,15,16). The van der Waals surface area contributed by atoms with Gasteiger partial charge in [0, 0.05) is 6.54 Å². The van der Waals surface area contributed by atoms with E-state index in [1.807, 2.05) is 0 Å². The van der Waals surface area contributed by atoms with Crippen LogP contribution in [0.25, 0.3) is 10.2 Å². The molecule has 0 amide bonds. The fourth-order valence-electron chi connectivity index (χ4n) is 1.58. The Kier molecular flexibility index (Phi) is 3.28. The third-order valence-corrected chi connectivity index (χ3v) is 3.68. The molecule has 1 heterocycles. The van der Waals surface area contributed by atoms with Gasteiger partial charge in [0.05, 0.1) is 16.6 Å². The summed E-state index contributed by atoms with van der Waals surface area (Å²) in [7, 11) is 0. The largest absolute Gasteiger partial charge is 0.481 e. The summed E-state index contributed by atoms with van der Waals surface area (Å²) < 4.78 is 1.13. The number of anilines is 1. The fraction of sp³-hybridized carbons (Fsp3) is 0.333. The van der Waals surface area contributed by atoms with E-state index in [9.17, 15) is 4.79 Å². The molecule has 17 heavy (non-hydrogen) atoms.